The van der Waals surface area contributed by atoms with Crippen LogP contribution >= 0.6 is 0 Å². The average molecular weight is 262 g/mol. The molecule has 0 bridgehead atoms. The van der Waals surface area contributed by atoms with Gasteiger partial charge in [-0.25, -0.2) is 0 Å². The summed E-state index contributed by atoms with van der Waals surface area (Å²) in [7, 11) is 0. The highest BCUT2D eigenvalue weighted by Gasteiger charge is 2.27. The van der Waals surface area contributed by atoms with Crippen molar-refractivity contribution < 1.29 is 14.7 Å². The Balaban J connectivity index is 1.85. The number of aliphatic hydroxyl groups is 1. The lowest BCUT2D eigenvalue weighted by molar-refractivity contribution is -0.131. The number of aliphatic hydroxyl groups excluding tert-OH is 1. The van der Waals surface area contributed by atoms with E-state index in [1.807, 2.05) is 6.07 Å². The maximum absolute atomic E-state index is 12.0. The fourth-order valence-electron chi connectivity index (χ4n) is 2.30. The number of hydrogen-bond acceptors (Lipinski definition) is 3. The number of amides is 2. The molecule has 0 aliphatic carbocycles. The van der Waals surface area contributed by atoms with Gasteiger partial charge in [0.1, 0.15) is 0 Å². The Labute approximate surface area is 112 Å². The minimum atomic E-state index is -0.256. The molecule has 0 radical (unpaired) electrons. The zero-order valence-electron chi connectivity index (χ0n) is 10.7. The predicted molar refractivity (Wildman–Crippen MR) is 70.6 cm³/mol. The van der Waals surface area contributed by atoms with E-state index in [0.29, 0.717) is 12.1 Å². The molecule has 1 atom stereocenters. The third kappa shape index (κ3) is 3.32. The van der Waals surface area contributed by atoms with E-state index in [1.54, 1.807) is 29.2 Å². The highest BCUT2D eigenvalue weighted by molar-refractivity contribution is 5.96. The number of carbonyl (C=O) groups is 2. The van der Waals surface area contributed by atoms with Gasteiger partial charge in [-0.15, -0.1) is 0 Å². The zero-order chi connectivity index (χ0) is 13.7. The molecule has 1 saturated heterocycles. The van der Waals surface area contributed by atoms with Crippen LogP contribution in [0.5, 0.6) is 0 Å². The van der Waals surface area contributed by atoms with Crippen molar-refractivity contribution >= 4 is 11.8 Å². The summed E-state index contributed by atoms with van der Waals surface area (Å²) in [5.41, 5.74) is 0.537. The maximum Gasteiger partial charge on any atom is 0.251 e. The van der Waals surface area contributed by atoms with Gasteiger partial charge >= 0.3 is 0 Å². The van der Waals surface area contributed by atoms with E-state index in [0.717, 1.165) is 12.8 Å². The van der Waals surface area contributed by atoms with Gasteiger partial charge in [-0.1, -0.05) is 18.2 Å². The molecule has 0 saturated carbocycles. The van der Waals surface area contributed by atoms with Crippen LogP contribution in [0.3, 0.4) is 0 Å². The van der Waals surface area contributed by atoms with Crippen molar-refractivity contribution in [3.05, 3.63) is 35.9 Å². The first-order valence-electron chi connectivity index (χ1n) is 6.46. The van der Waals surface area contributed by atoms with Gasteiger partial charge in [0.05, 0.1) is 19.2 Å². The Morgan fingerprint density at radius 2 is 2.05 bits per heavy atom. The van der Waals surface area contributed by atoms with Crippen molar-refractivity contribution in [3.63, 3.8) is 0 Å². The number of nitrogens with zero attached hydrogens (tertiary/aromatic N) is 1. The van der Waals surface area contributed by atoms with Crippen LogP contribution in [-0.4, -0.2) is 47.6 Å². The van der Waals surface area contributed by atoms with Gasteiger partial charge in [0, 0.05) is 12.1 Å². The van der Waals surface area contributed by atoms with E-state index in [2.05, 4.69) is 5.32 Å². The lowest BCUT2D eigenvalue weighted by atomic mass is 10.2. The van der Waals surface area contributed by atoms with Gasteiger partial charge < -0.3 is 15.3 Å². The van der Waals surface area contributed by atoms with Crippen molar-refractivity contribution in [2.75, 3.05) is 19.7 Å². The second-order valence-corrected chi connectivity index (χ2v) is 4.61. The Kier molecular flexibility index (Phi) is 4.52. The van der Waals surface area contributed by atoms with Gasteiger partial charge in [0.25, 0.3) is 5.91 Å². The van der Waals surface area contributed by atoms with E-state index in [4.69, 9.17) is 5.11 Å². The van der Waals surface area contributed by atoms with E-state index in [-0.39, 0.29) is 31.0 Å². The first-order valence-corrected chi connectivity index (χ1v) is 6.46. The number of rotatable bonds is 4. The smallest absolute Gasteiger partial charge is 0.251 e. The summed E-state index contributed by atoms with van der Waals surface area (Å²) in [6.45, 7) is 0.619. The average Bonchev–Trinajstić information content (AvgIpc) is 2.93. The predicted octanol–water partition coefficient (Wildman–Crippen LogP) is 0.400. The second-order valence-electron chi connectivity index (χ2n) is 4.61. The van der Waals surface area contributed by atoms with Crippen LogP contribution in [-0.2, 0) is 4.79 Å². The van der Waals surface area contributed by atoms with Crippen molar-refractivity contribution in [1.82, 2.24) is 10.2 Å². The summed E-state index contributed by atoms with van der Waals surface area (Å²) in [5.74, 6) is -0.394. The molecule has 2 amide bonds. The highest BCUT2D eigenvalue weighted by Crippen LogP contribution is 2.16. The molecule has 0 unspecified atom stereocenters. The van der Waals surface area contributed by atoms with Gasteiger partial charge in [-0.3, -0.25) is 9.59 Å². The number of benzene rings is 1. The summed E-state index contributed by atoms with van der Waals surface area (Å²) in [6.07, 6.45) is 1.73. The van der Waals surface area contributed by atoms with Crippen LogP contribution < -0.4 is 5.32 Å². The third-order valence-electron chi connectivity index (χ3n) is 3.34. The van der Waals surface area contributed by atoms with Crippen LogP contribution in [0.25, 0.3) is 0 Å². The number of likely N-dealkylation sites (tertiary alicyclic amines) is 1. The molecule has 1 heterocycles. The van der Waals surface area contributed by atoms with Gasteiger partial charge in [0.15, 0.2) is 0 Å². The van der Waals surface area contributed by atoms with Gasteiger partial charge in [0.2, 0.25) is 5.91 Å². The molecule has 5 heteroatoms. The van der Waals surface area contributed by atoms with Gasteiger partial charge in [-0.05, 0) is 25.0 Å². The largest absolute Gasteiger partial charge is 0.394 e. The topological polar surface area (TPSA) is 69.6 Å². The highest BCUT2D eigenvalue weighted by atomic mass is 16.3. The molecule has 102 valence electrons. The Hall–Kier alpha value is -1.88. The summed E-state index contributed by atoms with van der Waals surface area (Å²) in [6, 6.07) is 8.69. The lowest BCUT2D eigenvalue weighted by Gasteiger charge is -2.23. The summed E-state index contributed by atoms with van der Waals surface area (Å²) >= 11 is 0. The molecule has 1 fully saturated rings. The van der Waals surface area contributed by atoms with Crippen molar-refractivity contribution in [2.24, 2.45) is 0 Å². The number of nitrogens with one attached hydrogen (secondary N) is 1. The first kappa shape index (κ1) is 13.5. The van der Waals surface area contributed by atoms with E-state index >= 15 is 0 Å². The molecule has 19 heavy (non-hydrogen) atoms. The fourth-order valence-corrected chi connectivity index (χ4v) is 2.30. The lowest BCUT2D eigenvalue weighted by Crippen LogP contribution is -2.43. The minimum Gasteiger partial charge on any atom is -0.394 e. The molecule has 1 aromatic rings. The van der Waals surface area contributed by atoms with E-state index in [9.17, 15) is 9.59 Å². The fraction of sp³-hybridized carbons (Fsp3) is 0.429. The van der Waals surface area contributed by atoms with Crippen LogP contribution in [0.4, 0.5) is 0 Å². The van der Waals surface area contributed by atoms with Crippen molar-refractivity contribution in [3.8, 4) is 0 Å². The molecular formula is C14H18N2O3. The molecular weight excluding hydrogens is 244 g/mol. The molecule has 0 spiro atoms. The molecule has 1 aliphatic heterocycles. The maximum atomic E-state index is 12.0. The monoisotopic (exact) mass is 262 g/mol. The molecule has 1 aromatic carbocycles. The molecule has 1 aliphatic rings. The molecule has 0 aromatic heterocycles. The summed E-state index contributed by atoms with van der Waals surface area (Å²) in [4.78, 5) is 25.4. The quantitative estimate of drug-likeness (QED) is 0.825. The van der Waals surface area contributed by atoms with E-state index in [1.165, 1.54) is 0 Å². The zero-order valence-corrected chi connectivity index (χ0v) is 10.7. The standard InChI is InChI=1S/C14H18N2O3/c17-10-12-7-4-8-16(12)13(18)9-15-14(19)11-5-2-1-3-6-11/h1-3,5-6,12,17H,4,7-10H2,(H,15,19)/t12-/m0/s1. The number of hydrogen-bond donors (Lipinski definition) is 2. The summed E-state index contributed by atoms with van der Waals surface area (Å²) in [5, 5.41) is 11.8. The Bertz CT molecular complexity index is 447. The van der Waals surface area contributed by atoms with Crippen LogP contribution in [0.2, 0.25) is 0 Å². The second kappa shape index (κ2) is 6.33. The van der Waals surface area contributed by atoms with E-state index < -0.39 is 0 Å². The first-order chi connectivity index (χ1) is 9.22. The molecule has 2 rings (SSSR count). The van der Waals surface area contributed by atoms with Crippen LogP contribution in [0.15, 0.2) is 30.3 Å². The summed E-state index contributed by atoms with van der Waals surface area (Å²) < 4.78 is 0. The van der Waals surface area contributed by atoms with Gasteiger partial charge in [-0.2, -0.15) is 0 Å². The normalized spacial score (nSPS) is 18.4. The minimum absolute atomic E-state index is 0.0155. The molecule has 5 nitrogen and oxygen atoms in total. The van der Waals surface area contributed by atoms with Crippen LogP contribution in [0.1, 0.15) is 23.2 Å². The SMILES string of the molecule is O=C(NCC(=O)N1CCC[C@H]1CO)c1ccccc1. The van der Waals surface area contributed by atoms with Crippen molar-refractivity contribution in [1.29, 1.82) is 0 Å². The Morgan fingerprint density at radius 1 is 1.32 bits per heavy atom. The van der Waals surface area contributed by atoms with Crippen molar-refractivity contribution in [2.45, 2.75) is 18.9 Å². The third-order valence-corrected chi connectivity index (χ3v) is 3.34. The Morgan fingerprint density at radius 3 is 2.74 bits per heavy atom. The molecule has 2 N–H and O–H groups in total. The number of carbonyl (C=O) groups excluding carboxylic acids is 2. The van der Waals surface area contributed by atoms with Crippen LogP contribution in [0, 0.1) is 0 Å².